The fourth-order valence-electron chi connectivity index (χ4n) is 2.93. The summed E-state index contributed by atoms with van der Waals surface area (Å²) in [5.41, 5.74) is 1.13. The Bertz CT molecular complexity index is 1100. The molecule has 28 heavy (non-hydrogen) atoms. The molecule has 1 heterocycles. The van der Waals surface area contributed by atoms with E-state index in [2.05, 4.69) is 0 Å². The van der Waals surface area contributed by atoms with E-state index in [-0.39, 0.29) is 5.57 Å². The Labute approximate surface area is 170 Å². The van der Waals surface area contributed by atoms with Gasteiger partial charge in [0.15, 0.2) is 0 Å². The first kappa shape index (κ1) is 18.5. The Balaban J connectivity index is 1.83. The van der Waals surface area contributed by atoms with E-state index in [1.165, 1.54) is 36.0 Å². The molecule has 2 amide bonds. The minimum atomic E-state index is -0.461. The molecule has 3 aromatic carbocycles. The highest BCUT2D eigenvalue weighted by Gasteiger charge is 2.40. The summed E-state index contributed by atoms with van der Waals surface area (Å²) in [6.07, 6.45) is 0. The maximum absolute atomic E-state index is 13.4. The molecule has 4 rings (SSSR count). The second kappa shape index (κ2) is 7.62. The van der Waals surface area contributed by atoms with Gasteiger partial charge in [-0.15, -0.1) is 0 Å². The first-order chi connectivity index (χ1) is 13.5. The molecule has 0 aromatic heterocycles. The van der Waals surface area contributed by atoms with Crippen LogP contribution in [0, 0.1) is 5.82 Å². The third-order valence-corrected chi connectivity index (χ3v) is 5.53. The summed E-state index contributed by atoms with van der Waals surface area (Å²) in [6, 6.07) is 21.4. The SMILES string of the molecule is O=C1C(Sc2ccccc2)=C(c2ccc(F)cc2)C(=O)N1c1cccc(Cl)c1. The molecule has 0 saturated carbocycles. The largest absolute Gasteiger partial charge is 0.272 e. The van der Waals surface area contributed by atoms with Gasteiger partial charge in [-0.25, -0.2) is 9.29 Å². The Morgan fingerprint density at radius 1 is 0.821 bits per heavy atom. The van der Waals surface area contributed by atoms with Crippen molar-refractivity contribution in [3.63, 3.8) is 0 Å². The minimum absolute atomic E-state index is 0.249. The normalized spacial score (nSPS) is 14.1. The smallest absolute Gasteiger partial charge is 0.268 e. The summed E-state index contributed by atoms with van der Waals surface area (Å²) >= 11 is 7.26. The van der Waals surface area contributed by atoms with Crippen LogP contribution in [0.2, 0.25) is 5.02 Å². The molecule has 0 saturated heterocycles. The van der Waals surface area contributed by atoms with Crippen LogP contribution >= 0.6 is 23.4 Å². The molecule has 0 fully saturated rings. The number of nitrogens with zero attached hydrogens (tertiary/aromatic N) is 1. The highest BCUT2D eigenvalue weighted by Crippen LogP contribution is 2.41. The lowest BCUT2D eigenvalue weighted by atomic mass is 10.1. The van der Waals surface area contributed by atoms with Crippen molar-refractivity contribution in [3.05, 3.63) is 100 Å². The van der Waals surface area contributed by atoms with Gasteiger partial charge in [0.1, 0.15) is 5.82 Å². The number of carbonyl (C=O) groups excluding carboxylic acids is 2. The van der Waals surface area contributed by atoms with Crippen LogP contribution in [-0.2, 0) is 9.59 Å². The summed E-state index contributed by atoms with van der Waals surface area (Å²) in [7, 11) is 0. The second-order valence-electron chi connectivity index (χ2n) is 6.05. The minimum Gasteiger partial charge on any atom is -0.268 e. The molecule has 0 unspecified atom stereocenters. The molecule has 1 aliphatic rings. The molecule has 0 bridgehead atoms. The van der Waals surface area contributed by atoms with Crippen molar-refractivity contribution < 1.29 is 14.0 Å². The average molecular weight is 410 g/mol. The molecular weight excluding hydrogens is 397 g/mol. The molecule has 0 aliphatic carbocycles. The third kappa shape index (κ3) is 3.46. The van der Waals surface area contributed by atoms with Crippen LogP contribution in [0.1, 0.15) is 5.56 Å². The average Bonchev–Trinajstić information content (AvgIpc) is 2.93. The van der Waals surface area contributed by atoms with Crippen molar-refractivity contribution in [2.45, 2.75) is 4.90 Å². The van der Waals surface area contributed by atoms with Crippen LogP contribution in [-0.4, -0.2) is 11.8 Å². The second-order valence-corrected chi connectivity index (χ2v) is 7.57. The quantitative estimate of drug-likeness (QED) is 0.530. The van der Waals surface area contributed by atoms with Crippen LogP contribution in [0.4, 0.5) is 10.1 Å². The number of imide groups is 1. The first-order valence-electron chi connectivity index (χ1n) is 8.42. The van der Waals surface area contributed by atoms with Crippen LogP contribution in [0.15, 0.2) is 88.7 Å². The molecule has 138 valence electrons. The molecule has 6 heteroatoms. The van der Waals surface area contributed by atoms with Crippen molar-refractivity contribution in [2.24, 2.45) is 0 Å². The number of rotatable bonds is 4. The van der Waals surface area contributed by atoms with Crippen molar-refractivity contribution >= 4 is 46.4 Å². The van der Waals surface area contributed by atoms with E-state index in [0.717, 1.165) is 9.80 Å². The lowest BCUT2D eigenvalue weighted by Crippen LogP contribution is -2.31. The Morgan fingerprint density at radius 3 is 2.21 bits per heavy atom. The summed E-state index contributed by atoms with van der Waals surface area (Å²) in [4.78, 5) is 28.6. The van der Waals surface area contributed by atoms with E-state index in [9.17, 15) is 14.0 Å². The number of carbonyl (C=O) groups is 2. The number of thioether (sulfide) groups is 1. The highest BCUT2D eigenvalue weighted by molar-refractivity contribution is 8.04. The van der Waals surface area contributed by atoms with Crippen molar-refractivity contribution in [2.75, 3.05) is 4.90 Å². The van der Waals surface area contributed by atoms with E-state index in [0.29, 0.717) is 21.2 Å². The number of hydrogen-bond acceptors (Lipinski definition) is 3. The van der Waals surface area contributed by atoms with Gasteiger partial charge in [0.05, 0.1) is 16.2 Å². The lowest BCUT2D eigenvalue weighted by Gasteiger charge is -2.15. The number of benzene rings is 3. The van der Waals surface area contributed by atoms with Crippen LogP contribution < -0.4 is 4.90 Å². The van der Waals surface area contributed by atoms with E-state index < -0.39 is 17.6 Å². The molecule has 0 spiro atoms. The molecule has 3 aromatic rings. The van der Waals surface area contributed by atoms with Gasteiger partial charge in [-0.1, -0.05) is 59.8 Å². The molecule has 3 nitrogen and oxygen atoms in total. The summed E-state index contributed by atoms with van der Waals surface area (Å²) in [5, 5.41) is 0.422. The van der Waals surface area contributed by atoms with Gasteiger partial charge in [0, 0.05) is 9.92 Å². The van der Waals surface area contributed by atoms with Gasteiger partial charge in [0.25, 0.3) is 11.8 Å². The zero-order chi connectivity index (χ0) is 19.7. The molecular formula is C22H13ClFNO2S. The zero-order valence-electron chi connectivity index (χ0n) is 14.4. The van der Waals surface area contributed by atoms with Gasteiger partial charge in [-0.2, -0.15) is 0 Å². The van der Waals surface area contributed by atoms with Gasteiger partial charge in [-0.3, -0.25) is 9.59 Å². The number of halogens is 2. The van der Waals surface area contributed by atoms with Crippen molar-refractivity contribution in [1.29, 1.82) is 0 Å². The Hall–Kier alpha value is -2.89. The van der Waals surface area contributed by atoms with Crippen LogP contribution in [0.25, 0.3) is 5.57 Å². The van der Waals surface area contributed by atoms with Crippen LogP contribution in [0.3, 0.4) is 0 Å². The van der Waals surface area contributed by atoms with Crippen molar-refractivity contribution in [1.82, 2.24) is 0 Å². The highest BCUT2D eigenvalue weighted by atomic mass is 35.5. The van der Waals surface area contributed by atoms with Gasteiger partial charge >= 0.3 is 0 Å². The maximum atomic E-state index is 13.4. The van der Waals surface area contributed by atoms with E-state index in [1.54, 1.807) is 24.3 Å². The fraction of sp³-hybridized carbons (Fsp3) is 0. The number of amides is 2. The predicted molar refractivity (Wildman–Crippen MR) is 110 cm³/mol. The predicted octanol–water partition coefficient (Wildman–Crippen LogP) is 5.56. The summed E-state index contributed by atoms with van der Waals surface area (Å²) in [6.45, 7) is 0. The van der Waals surface area contributed by atoms with Gasteiger partial charge < -0.3 is 0 Å². The molecule has 1 aliphatic heterocycles. The fourth-order valence-corrected chi connectivity index (χ4v) is 4.13. The summed E-state index contributed by atoms with van der Waals surface area (Å²) in [5.74, 6) is -1.30. The van der Waals surface area contributed by atoms with Gasteiger partial charge in [0.2, 0.25) is 0 Å². The van der Waals surface area contributed by atoms with E-state index in [1.807, 2.05) is 30.3 Å². The van der Waals surface area contributed by atoms with Crippen molar-refractivity contribution in [3.8, 4) is 0 Å². The Morgan fingerprint density at radius 2 is 1.54 bits per heavy atom. The third-order valence-electron chi connectivity index (χ3n) is 4.20. The lowest BCUT2D eigenvalue weighted by molar-refractivity contribution is -0.119. The van der Waals surface area contributed by atoms with E-state index >= 15 is 0 Å². The molecule has 0 atom stereocenters. The topological polar surface area (TPSA) is 37.4 Å². The molecule has 0 N–H and O–H groups in total. The monoisotopic (exact) mass is 409 g/mol. The zero-order valence-corrected chi connectivity index (χ0v) is 16.0. The molecule has 0 radical (unpaired) electrons. The van der Waals surface area contributed by atoms with Gasteiger partial charge in [-0.05, 0) is 48.0 Å². The Kier molecular flexibility index (Phi) is 5.03. The standard InChI is InChI=1S/C22H13ClFNO2S/c23-15-5-4-6-17(13-15)25-21(26)19(14-9-11-16(24)12-10-14)20(22(25)27)28-18-7-2-1-3-8-18/h1-13H. The summed E-state index contributed by atoms with van der Waals surface area (Å²) < 4.78 is 13.4. The van der Waals surface area contributed by atoms with E-state index in [4.69, 9.17) is 11.6 Å². The first-order valence-corrected chi connectivity index (χ1v) is 9.61. The van der Waals surface area contributed by atoms with Crippen LogP contribution in [0.5, 0.6) is 0 Å². The number of hydrogen-bond donors (Lipinski definition) is 0. The maximum Gasteiger partial charge on any atom is 0.272 e. The number of anilines is 1.